The number of hydrogen-bond acceptors (Lipinski definition) is 5. The van der Waals surface area contributed by atoms with Crippen molar-refractivity contribution in [3.05, 3.63) is 28.8 Å². The van der Waals surface area contributed by atoms with Gasteiger partial charge in [-0.3, -0.25) is 9.69 Å². The molecule has 0 aromatic heterocycles. The first kappa shape index (κ1) is 25.1. The van der Waals surface area contributed by atoms with Gasteiger partial charge in [-0.1, -0.05) is 31.5 Å². The van der Waals surface area contributed by atoms with Crippen molar-refractivity contribution in [2.75, 3.05) is 45.9 Å². The van der Waals surface area contributed by atoms with E-state index in [9.17, 15) is 13.2 Å². The molecule has 0 bridgehead atoms. The molecule has 2 heterocycles. The standard InChI is InChI=1S/C24H39N3O4S/c1-17(2)22(26-10-12-31-13-11-26)16-25-24(28)21-6-8-27(9-7-21)32(29,30)23-19(4)14-18(3)15-20(23)5/h14-15,17,21-22H,6-13,16H2,1-5H3,(H,25,28). The van der Waals surface area contributed by atoms with Gasteiger partial charge in [0.05, 0.1) is 18.1 Å². The molecule has 0 aliphatic carbocycles. The molecule has 1 unspecified atom stereocenters. The fourth-order valence-corrected chi connectivity index (χ4v) is 6.99. The van der Waals surface area contributed by atoms with Gasteiger partial charge in [0, 0.05) is 44.7 Å². The first-order chi connectivity index (χ1) is 15.1. The van der Waals surface area contributed by atoms with Gasteiger partial charge in [-0.2, -0.15) is 4.31 Å². The molecule has 1 N–H and O–H groups in total. The highest BCUT2D eigenvalue weighted by Crippen LogP contribution is 2.29. The summed E-state index contributed by atoms with van der Waals surface area (Å²) in [5.74, 6) is 0.337. The Kier molecular flexibility index (Phi) is 8.36. The average Bonchev–Trinajstić information content (AvgIpc) is 2.73. The Balaban J connectivity index is 1.57. The van der Waals surface area contributed by atoms with Crippen molar-refractivity contribution < 1.29 is 17.9 Å². The normalized spacial score (nSPS) is 20.4. The van der Waals surface area contributed by atoms with E-state index >= 15 is 0 Å². The van der Waals surface area contributed by atoms with Crippen molar-refractivity contribution in [3.63, 3.8) is 0 Å². The summed E-state index contributed by atoms with van der Waals surface area (Å²) < 4.78 is 33.6. The maximum absolute atomic E-state index is 13.3. The molecular weight excluding hydrogens is 426 g/mol. The van der Waals surface area contributed by atoms with Gasteiger partial charge in [0.1, 0.15) is 0 Å². The van der Waals surface area contributed by atoms with Crippen LogP contribution < -0.4 is 5.32 Å². The minimum absolute atomic E-state index is 0.0451. The number of aryl methyl sites for hydroxylation is 3. The van der Waals surface area contributed by atoms with Crippen LogP contribution in [0.3, 0.4) is 0 Å². The third-order valence-electron chi connectivity index (χ3n) is 6.80. The highest BCUT2D eigenvalue weighted by molar-refractivity contribution is 7.89. The second kappa shape index (κ2) is 10.6. The van der Waals surface area contributed by atoms with Crippen molar-refractivity contribution in [1.29, 1.82) is 0 Å². The molecule has 0 spiro atoms. The highest BCUT2D eigenvalue weighted by Gasteiger charge is 2.34. The predicted molar refractivity (Wildman–Crippen MR) is 126 cm³/mol. The number of rotatable bonds is 7. The van der Waals surface area contributed by atoms with E-state index in [1.165, 1.54) is 0 Å². The Morgan fingerprint density at radius 3 is 2.16 bits per heavy atom. The quantitative estimate of drug-likeness (QED) is 0.669. The van der Waals surface area contributed by atoms with Gasteiger partial charge in [-0.15, -0.1) is 0 Å². The van der Waals surface area contributed by atoms with Crippen LogP contribution in [0.25, 0.3) is 0 Å². The number of amides is 1. The molecule has 2 saturated heterocycles. The zero-order valence-electron chi connectivity index (χ0n) is 20.2. The van der Waals surface area contributed by atoms with Crippen molar-refractivity contribution in [2.24, 2.45) is 11.8 Å². The van der Waals surface area contributed by atoms with Crippen molar-refractivity contribution in [1.82, 2.24) is 14.5 Å². The van der Waals surface area contributed by atoms with E-state index in [0.717, 1.165) is 43.0 Å². The molecule has 1 aromatic rings. The number of nitrogens with zero attached hydrogens (tertiary/aromatic N) is 2. The maximum Gasteiger partial charge on any atom is 0.243 e. The Morgan fingerprint density at radius 2 is 1.62 bits per heavy atom. The number of nitrogens with one attached hydrogen (secondary N) is 1. The zero-order valence-corrected chi connectivity index (χ0v) is 21.0. The Hall–Kier alpha value is -1.48. The number of morpholine rings is 1. The van der Waals surface area contributed by atoms with Gasteiger partial charge in [0.15, 0.2) is 0 Å². The van der Waals surface area contributed by atoms with Gasteiger partial charge in [-0.25, -0.2) is 8.42 Å². The lowest BCUT2D eigenvalue weighted by atomic mass is 9.96. The summed E-state index contributed by atoms with van der Waals surface area (Å²) in [6, 6.07) is 4.12. The topological polar surface area (TPSA) is 79.0 Å². The van der Waals surface area contributed by atoms with Crippen LogP contribution in [0, 0.1) is 32.6 Å². The summed E-state index contributed by atoms with van der Waals surface area (Å²) in [5.41, 5.74) is 2.63. The summed E-state index contributed by atoms with van der Waals surface area (Å²) in [7, 11) is -3.56. The first-order valence-electron chi connectivity index (χ1n) is 11.8. The number of ether oxygens (including phenoxy) is 1. The summed E-state index contributed by atoms with van der Waals surface area (Å²) >= 11 is 0. The Morgan fingerprint density at radius 1 is 1.06 bits per heavy atom. The third-order valence-corrected chi connectivity index (χ3v) is 9.00. The second-order valence-corrected chi connectivity index (χ2v) is 11.5. The van der Waals surface area contributed by atoms with Gasteiger partial charge in [0.2, 0.25) is 15.9 Å². The van der Waals surface area contributed by atoms with Crippen LogP contribution in [0.4, 0.5) is 0 Å². The number of sulfonamides is 1. The fraction of sp³-hybridized carbons (Fsp3) is 0.708. The lowest BCUT2D eigenvalue weighted by Gasteiger charge is -2.37. The van der Waals surface area contributed by atoms with Gasteiger partial charge in [-0.05, 0) is 50.7 Å². The van der Waals surface area contributed by atoms with E-state index in [1.54, 1.807) is 4.31 Å². The summed E-state index contributed by atoms with van der Waals surface area (Å²) in [4.78, 5) is 15.7. The minimum atomic E-state index is -3.56. The van der Waals surface area contributed by atoms with E-state index in [0.29, 0.717) is 43.3 Å². The van der Waals surface area contributed by atoms with Gasteiger partial charge >= 0.3 is 0 Å². The maximum atomic E-state index is 13.3. The monoisotopic (exact) mass is 465 g/mol. The van der Waals surface area contributed by atoms with Crippen LogP contribution in [0.2, 0.25) is 0 Å². The van der Waals surface area contributed by atoms with Crippen LogP contribution in [0.1, 0.15) is 43.4 Å². The molecule has 32 heavy (non-hydrogen) atoms. The molecule has 1 atom stereocenters. The van der Waals surface area contributed by atoms with Gasteiger partial charge in [0.25, 0.3) is 0 Å². The number of piperidine rings is 1. The first-order valence-corrected chi connectivity index (χ1v) is 13.2. The third kappa shape index (κ3) is 5.71. The molecule has 1 aromatic carbocycles. The number of carbonyl (C=O) groups excluding carboxylic acids is 1. The molecular formula is C24H39N3O4S. The molecule has 0 saturated carbocycles. The van der Waals surface area contributed by atoms with Crippen molar-refractivity contribution in [3.8, 4) is 0 Å². The van der Waals surface area contributed by atoms with Crippen LogP contribution in [0.15, 0.2) is 17.0 Å². The highest BCUT2D eigenvalue weighted by atomic mass is 32.2. The molecule has 180 valence electrons. The average molecular weight is 466 g/mol. The Labute approximate surface area is 193 Å². The largest absolute Gasteiger partial charge is 0.379 e. The van der Waals surface area contributed by atoms with E-state index < -0.39 is 10.0 Å². The predicted octanol–water partition coefficient (Wildman–Crippen LogP) is 2.49. The second-order valence-electron chi connectivity index (χ2n) is 9.61. The van der Waals surface area contributed by atoms with Gasteiger partial charge < -0.3 is 10.1 Å². The molecule has 7 nitrogen and oxygen atoms in total. The van der Waals surface area contributed by atoms with E-state index in [-0.39, 0.29) is 17.9 Å². The molecule has 2 aliphatic rings. The van der Waals surface area contributed by atoms with E-state index in [2.05, 4.69) is 24.1 Å². The summed E-state index contributed by atoms with van der Waals surface area (Å²) in [5, 5.41) is 3.15. The SMILES string of the molecule is Cc1cc(C)c(S(=O)(=O)N2CCC(C(=O)NCC(C(C)C)N3CCOCC3)CC2)c(C)c1. The lowest BCUT2D eigenvalue weighted by molar-refractivity contribution is -0.126. The van der Waals surface area contributed by atoms with Crippen LogP contribution in [-0.2, 0) is 19.6 Å². The van der Waals surface area contributed by atoms with Crippen molar-refractivity contribution >= 4 is 15.9 Å². The van der Waals surface area contributed by atoms with E-state index in [1.807, 2.05) is 32.9 Å². The fourth-order valence-electron chi connectivity index (χ4n) is 5.11. The minimum Gasteiger partial charge on any atom is -0.379 e. The number of carbonyl (C=O) groups is 1. The molecule has 3 rings (SSSR count). The van der Waals surface area contributed by atoms with Crippen LogP contribution >= 0.6 is 0 Å². The summed E-state index contributed by atoms with van der Waals surface area (Å²) in [6.45, 7) is 14.7. The molecule has 0 radical (unpaired) electrons. The Bertz CT molecular complexity index is 879. The van der Waals surface area contributed by atoms with Crippen LogP contribution in [0.5, 0.6) is 0 Å². The van der Waals surface area contributed by atoms with Crippen molar-refractivity contribution in [2.45, 2.75) is 58.4 Å². The molecule has 2 aliphatic heterocycles. The molecule has 2 fully saturated rings. The number of benzene rings is 1. The zero-order chi connectivity index (χ0) is 23.5. The molecule has 8 heteroatoms. The van der Waals surface area contributed by atoms with Crippen LogP contribution in [-0.4, -0.2) is 75.5 Å². The van der Waals surface area contributed by atoms with E-state index in [4.69, 9.17) is 4.74 Å². The summed E-state index contributed by atoms with van der Waals surface area (Å²) in [6.07, 6.45) is 1.11. The lowest BCUT2D eigenvalue weighted by Crippen LogP contribution is -2.52. The molecule has 1 amide bonds. The number of hydrogen-bond donors (Lipinski definition) is 1. The smallest absolute Gasteiger partial charge is 0.243 e.